The van der Waals surface area contributed by atoms with Crippen molar-refractivity contribution in [3.05, 3.63) is 54.0 Å². The number of ether oxygens (including phenoxy) is 2. The molecule has 1 aromatic carbocycles. The zero-order valence-electron chi connectivity index (χ0n) is 15.8. The highest BCUT2D eigenvalue weighted by Gasteiger charge is 2.31. The van der Waals surface area contributed by atoms with Crippen LogP contribution in [0.1, 0.15) is 34.9 Å². The molecule has 7 nitrogen and oxygen atoms in total. The predicted molar refractivity (Wildman–Crippen MR) is 100 cm³/mol. The molecule has 0 saturated carbocycles. The Morgan fingerprint density at radius 1 is 1.21 bits per heavy atom. The van der Waals surface area contributed by atoms with E-state index in [2.05, 4.69) is 14.9 Å². The lowest BCUT2D eigenvalue weighted by atomic mass is 9.96. The summed E-state index contributed by atoms with van der Waals surface area (Å²) >= 11 is 0. The van der Waals surface area contributed by atoms with Crippen LogP contribution >= 0.6 is 0 Å². The lowest BCUT2D eigenvalue weighted by molar-refractivity contribution is -0.0516. The summed E-state index contributed by atoms with van der Waals surface area (Å²) in [5.41, 5.74) is 0.794. The molecule has 3 aromatic rings. The van der Waals surface area contributed by atoms with Gasteiger partial charge in [0.05, 0.1) is 12.7 Å². The molecule has 1 amide bonds. The van der Waals surface area contributed by atoms with Gasteiger partial charge in [0.15, 0.2) is 17.1 Å². The molecule has 2 aromatic heterocycles. The smallest absolute Gasteiger partial charge is 0.387 e. The van der Waals surface area contributed by atoms with Crippen LogP contribution in [0, 0.1) is 0 Å². The second-order valence-electron chi connectivity index (χ2n) is 6.79. The van der Waals surface area contributed by atoms with Gasteiger partial charge in [0.1, 0.15) is 5.82 Å². The molecule has 1 unspecified atom stereocenters. The van der Waals surface area contributed by atoms with Crippen LogP contribution in [0.3, 0.4) is 0 Å². The maximum absolute atomic E-state index is 13.2. The highest BCUT2D eigenvalue weighted by atomic mass is 19.3. The molecular weight excluding hydrogens is 382 g/mol. The van der Waals surface area contributed by atoms with Crippen molar-refractivity contribution >= 4 is 11.6 Å². The second kappa shape index (κ2) is 8.02. The van der Waals surface area contributed by atoms with Gasteiger partial charge in [-0.15, -0.1) is 10.2 Å². The van der Waals surface area contributed by atoms with E-state index < -0.39 is 6.61 Å². The number of pyridine rings is 1. The van der Waals surface area contributed by atoms with E-state index in [1.165, 1.54) is 19.2 Å². The largest absolute Gasteiger partial charge is 0.493 e. The fraction of sp³-hybridized carbons (Fsp3) is 0.350. The first-order valence-corrected chi connectivity index (χ1v) is 9.29. The fourth-order valence-electron chi connectivity index (χ4n) is 3.74. The molecule has 3 heterocycles. The van der Waals surface area contributed by atoms with Gasteiger partial charge in [0, 0.05) is 25.2 Å². The number of rotatable bonds is 5. The number of nitrogens with zero attached hydrogens (tertiary/aromatic N) is 4. The molecule has 29 heavy (non-hydrogen) atoms. The van der Waals surface area contributed by atoms with Gasteiger partial charge in [-0.3, -0.25) is 9.20 Å². The van der Waals surface area contributed by atoms with Crippen molar-refractivity contribution in [2.45, 2.75) is 25.4 Å². The van der Waals surface area contributed by atoms with Crippen molar-refractivity contribution in [2.24, 2.45) is 0 Å². The summed E-state index contributed by atoms with van der Waals surface area (Å²) in [6.07, 6.45) is 3.52. The van der Waals surface area contributed by atoms with Gasteiger partial charge in [0.25, 0.3) is 5.91 Å². The van der Waals surface area contributed by atoms with Crippen LogP contribution < -0.4 is 9.47 Å². The number of amides is 1. The number of aromatic nitrogens is 3. The summed E-state index contributed by atoms with van der Waals surface area (Å²) in [5.74, 6) is 0.249. The lowest BCUT2D eigenvalue weighted by Gasteiger charge is -2.32. The Balaban J connectivity index is 1.61. The molecule has 152 valence electrons. The summed E-state index contributed by atoms with van der Waals surface area (Å²) in [7, 11) is 1.34. The molecule has 0 bridgehead atoms. The van der Waals surface area contributed by atoms with Gasteiger partial charge in [-0.2, -0.15) is 8.78 Å². The average molecular weight is 402 g/mol. The molecule has 4 rings (SSSR count). The highest BCUT2D eigenvalue weighted by Crippen LogP contribution is 2.35. The second-order valence-corrected chi connectivity index (χ2v) is 6.79. The number of hydrogen-bond donors (Lipinski definition) is 0. The maximum atomic E-state index is 13.2. The first-order chi connectivity index (χ1) is 14.1. The molecule has 9 heteroatoms. The number of methoxy groups -OCH3 is 1. The van der Waals surface area contributed by atoms with Crippen LogP contribution in [0.25, 0.3) is 5.65 Å². The van der Waals surface area contributed by atoms with Crippen LogP contribution in [-0.2, 0) is 0 Å². The Hall–Kier alpha value is -3.23. The summed E-state index contributed by atoms with van der Waals surface area (Å²) < 4.78 is 37.4. The molecule has 1 aliphatic rings. The van der Waals surface area contributed by atoms with Gasteiger partial charge in [-0.05, 0) is 37.1 Å². The van der Waals surface area contributed by atoms with E-state index in [1.54, 1.807) is 11.0 Å². The standard InChI is InChI=1S/C20H20F2N4O3/c1-28-15-8-4-7-14(17(15)29-20(21)22)19(27)25-10-5-6-13(12-25)18-24-23-16-9-2-3-11-26(16)18/h2-4,7-9,11,13,20H,5-6,10,12H2,1H3. The van der Waals surface area contributed by atoms with Gasteiger partial charge < -0.3 is 14.4 Å². The van der Waals surface area contributed by atoms with Crippen molar-refractivity contribution in [1.82, 2.24) is 19.5 Å². The summed E-state index contributed by atoms with van der Waals surface area (Å²) in [6, 6.07) is 10.2. The zero-order chi connectivity index (χ0) is 20.4. The van der Waals surface area contributed by atoms with E-state index >= 15 is 0 Å². The van der Waals surface area contributed by atoms with Gasteiger partial charge in [0.2, 0.25) is 0 Å². The number of likely N-dealkylation sites (tertiary alicyclic amines) is 1. The van der Waals surface area contributed by atoms with Gasteiger partial charge >= 0.3 is 6.61 Å². The van der Waals surface area contributed by atoms with E-state index in [1.807, 2.05) is 28.8 Å². The average Bonchev–Trinajstić information content (AvgIpc) is 3.17. The third-order valence-electron chi connectivity index (χ3n) is 5.05. The van der Waals surface area contributed by atoms with Gasteiger partial charge in [-0.25, -0.2) is 0 Å². The van der Waals surface area contributed by atoms with Crippen molar-refractivity contribution in [2.75, 3.05) is 20.2 Å². The summed E-state index contributed by atoms with van der Waals surface area (Å²) in [6.45, 7) is -2.12. The minimum Gasteiger partial charge on any atom is -0.493 e. The van der Waals surface area contributed by atoms with E-state index in [0.29, 0.717) is 13.1 Å². The van der Waals surface area contributed by atoms with Crippen molar-refractivity contribution in [3.8, 4) is 11.5 Å². The van der Waals surface area contributed by atoms with Gasteiger partial charge in [-0.1, -0.05) is 12.1 Å². The summed E-state index contributed by atoms with van der Waals surface area (Å²) in [4.78, 5) is 14.8. The first-order valence-electron chi connectivity index (χ1n) is 9.29. The van der Waals surface area contributed by atoms with Crippen molar-refractivity contribution in [3.63, 3.8) is 0 Å². The molecule has 1 saturated heterocycles. The molecular formula is C20H20F2N4O3. The lowest BCUT2D eigenvalue weighted by Crippen LogP contribution is -2.39. The highest BCUT2D eigenvalue weighted by molar-refractivity contribution is 5.98. The number of alkyl halides is 2. The third-order valence-corrected chi connectivity index (χ3v) is 5.05. The van der Waals surface area contributed by atoms with Crippen LogP contribution in [0.5, 0.6) is 11.5 Å². The van der Waals surface area contributed by atoms with Crippen molar-refractivity contribution < 1.29 is 23.0 Å². The fourth-order valence-corrected chi connectivity index (χ4v) is 3.74. The van der Waals surface area contributed by atoms with Crippen LogP contribution in [-0.4, -0.2) is 52.2 Å². The molecule has 0 spiro atoms. The SMILES string of the molecule is COc1cccc(C(=O)N2CCCC(c3nnc4ccccn34)C2)c1OC(F)F. The van der Waals surface area contributed by atoms with E-state index in [-0.39, 0.29) is 28.9 Å². The topological polar surface area (TPSA) is 69.0 Å². The molecule has 0 radical (unpaired) electrons. The number of benzene rings is 1. The molecule has 0 N–H and O–H groups in total. The zero-order valence-corrected chi connectivity index (χ0v) is 15.8. The minimum atomic E-state index is -3.06. The Kier molecular flexibility index (Phi) is 5.28. The van der Waals surface area contributed by atoms with E-state index in [9.17, 15) is 13.6 Å². The van der Waals surface area contributed by atoms with Crippen LogP contribution in [0.4, 0.5) is 8.78 Å². The van der Waals surface area contributed by atoms with E-state index in [4.69, 9.17) is 4.74 Å². The Bertz CT molecular complexity index is 1020. The van der Waals surface area contributed by atoms with E-state index in [0.717, 1.165) is 24.3 Å². The maximum Gasteiger partial charge on any atom is 0.387 e. The molecule has 0 aliphatic carbocycles. The Morgan fingerprint density at radius 2 is 2.07 bits per heavy atom. The van der Waals surface area contributed by atoms with Crippen LogP contribution in [0.2, 0.25) is 0 Å². The Labute approximate surface area is 165 Å². The Morgan fingerprint density at radius 3 is 2.86 bits per heavy atom. The predicted octanol–water partition coefficient (Wildman–Crippen LogP) is 3.36. The monoisotopic (exact) mass is 402 g/mol. The first kappa shape index (κ1) is 19.1. The number of carbonyl (C=O) groups excluding carboxylic acids is 1. The quantitative estimate of drug-likeness (QED) is 0.655. The normalized spacial score (nSPS) is 17.0. The number of piperidine rings is 1. The van der Waals surface area contributed by atoms with Crippen LogP contribution in [0.15, 0.2) is 42.6 Å². The number of carbonyl (C=O) groups is 1. The molecule has 1 fully saturated rings. The number of hydrogen-bond acceptors (Lipinski definition) is 5. The number of fused-ring (bicyclic) bond motifs is 1. The molecule has 1 aliphatic heterocycles. The summed E-state index contributed by atoms with van der Waals surface area (Å²) in [5, 5.41) is 8.48. The van der Waals surface area contributed by atoms with Crippen molar-refractivity contribution in [1.29, 1.82) is 0 Å². The minimum absolute atomic E-state index is 0.00447. The third kappa shape index (κ3) is 3.72. The molecule has 1 atom stereocenters. The number of halogens is 2. The number of para-hydroxylation sites is 1.